The van der Waals surface area contributed by atoms with Gasteiger partial charge >= 0.3 is 0 Å². The molecule has 0 spiro atoms. The fraction of sp³-hybridized carbons (Fsp3) is 0.562. The minimum absolute atomic E-state index is 0.130. The number of hydrogen-bond donors (Lipinski definition) is 3. The second-order valence-corrected chi connectivity index (χ2v) is 7.76. The molecule has 1 aromatic carbocycles. The van der Waals surface area contributed by atoms with Crippen molar-refractivity contribution in [2.75, 3.05) is 19.6 Å². The van der Waals surface area contributed by atoms with Crippen molar-refractivity contribution < 1.29 is 13.2 Å². The fourth-order valence-electron chi connectivity index (χ4n) is 2.21. The minimum Gasteiger partial charge on any atom is -0.350 e. The lowest BCUT2D eigenvalue weighted by Crippen LogP contribution is -2.38. The maximum absolute atomic E-state index is 12.2. The highest BCUT2D eigenvalue weighted by Crippen LogP contribution is 2.28. The Morgan fingerprint density at radius 1 is 1.35 bits per heavy atom. The second-order valence-electron chi connectivity index (χ2n) is 5.99. The average molecular weight is 339 g/mol. The van der Waals surface area contributed by atoms with E-state index in [0.29, 0.717) is 24.6 Å². The van der Waals surface area contributed by atoms with Crippen LogP contribution in [0.1, 0.15) is 37.0 Å². The lowest BCUT2D eigenvalue weighted by Gasteiger charge is -2.13. The molecule has 23 heavy (non-hydrogen) atoms. The Morgan fingerprint density at radius 3 is 2.74 bits per heavy atom. The van der Waals surface area contributed by atoms with Crippen LogP contribution in [0.2, 0.25) is 0 Å². The molecule has 0 aromatic heterocycles. The van der Waals surface area contributed by atoms with Crippen molar-refractivity contribution >= 4 is 15.9 Å². The summed E-state index contributed by atoms with van der Waals surface area (Å²) in [4.78, 5) is 12.3. The lowest BCUT2D eigenvalue weighted by atomic mass is 10.2. The van der Waals surface area contributed by atoms with Crippen LogP contribution in [0.15, 0.2) is 29.2 Å². The summed E-state index contributed by atoms with van der Waals surface area (Å²) in [7, 11) is -3.55. The Bertz CT molecular complexity index is 642. The van der Waals surface area contributed by atoms with Crippen LogP contribution in [0.4, 0.5) is 0 Å². The number of rotatable bonds is 9. The predicted molar refractivity (Wildman–Crippen MR) is 89.8 cm³/mol. The van der Waals surface area contributed by atoms with Gasteiger partial charge in [0.25, 0.3) is 5.91 Å². The van der Waals surface area contributed by atoms with E-state index in [1.165, 1.54) is 12.1 Å². The molecule has 128 valence electrons. The highest BCUT2D eigenvalue weighted by molar-refractivity contribution is 7.89. The van der Waals surface area contributed by atoms with Crippen molar-refractivity contribution in [3.63, 3.8) is 0 Å². The molecular weight excluding hydrogens is 314 g/mol. The van der Waals surface area contributed by atoms with Crippen molar-refractivity contribution in [3.05, 3.63) is 29.8 Å². The van der Waals surface area contributed by atoms with E-state index in [0.717, 1.165) is 19.4 Å². The van der Waals surface area contributed by atoms with Gasteiger partial charge in [-0.3, -0.25) is 4.79 Å². The van der Waals surface area contributed by atoms with Gasteiger partial charge in [0, 0.05) is 24.7 Å². The first-order valence-electron chi connectivity index (χ1n) is 8.03. The molecule has 0 unspecified atom stereocenters. The highest BCUT2D eigenvalue weighted by Gasteiger charge is 2.24. The summed E-state index contributed by atoms with van der Waals surface area (Å²) in [6, 6.07) is 6.30. The molecule has 0 saturated heterocycles. The van der Waals surface area contributed by atoms with Gasteiger partial charge in [0.05, 0.1) is 4.90 Å². The fourth-order valence-corrected chi connectivity index (χ4v) is 3.37. The lowest BCUT2D eigenvalue weighted by molar-refractivity contribution is 0.0950. The van der Waals surface area contributed by atoms with E-state index in [1.54, 1.807) is 12.1 Å². The van der Waals surface area contributed by atoms with Gasteiger partial charge in [0.15, 0.2) is 0 Å². The summed E-state index contributed by atoms with van der Waals surface area (Å²) < 4.78 is 27.1. The van der Waals surface area contributed by atoms with Gasteiger partial charge in [0.2, 0.25) is 10.0 Å². The third-order valence-electron chi connectivity index (χ3n) is 3.79. The first-order chi connectivity index (χ1) is 10.9. The zero-order valence-corrected chi connectivity index (χ0v) is 14.4. The Hall–Kier alpha value is -1.44. The van der Waals surface area contributed by atoms with E-state index in [9.17, 15) is 13.2 Å². The number of benzene rings is 1. The number of hydrogen-bond acceptors (Lipinski definition) is 4. The van der Waals surface area contributed by atoms with Gasteiger partial charge < -0.3 is 10.6 Å². The third-order valence-corrected chi connectivity index (χ3v) is 5.21. The molecule has 1 saturated carbocycles. The minimum atomic E-state index is -3.55. The van der Waals surface area contributed by atoms with Crippen LogP contribution in [-0.2, 0) is 10.0 Å². The smallest absolute Gasteiger partial charge is 0.251 e. The van der Waals surface area contributed by atoms with Crippen LogP contribution in [-0.4, -0.2) is 40.0 Å². The molecule has 0 bridgehead atoms. The molecule has 3 N–H and O–H groups in total. The number of sulfonamides is 1. The van der Waals surface area contributed by atoms with Gasteiger partial charge in [-0.2, -0.15) is 0 Å². The van der Waals surface area contributed by atoms with Crippen LogP contribution in [0.5, 0.6) is 0 Å². The van der Waals surface area contributed by atoms with E-state index in [4.69, 9.17) is 0 Å². The molecule has 1 amide bonds. The summed E-state index contributed by atoms with van der Waals surface area (Å²) in [5, 5.41) is 6.01. The molecule has 7 heteroatoms. The molecule has 1 atom stereocenters. The number of carbonyl (C=O) groups excluding carboxylic acids is 1. The van der Waals surface area contributed by atoms with E-state index in [1.807, 2.05) is 13.8 Å². The Kier molecular flexibility index (Phi) is 6.15. The average Bonchev–Trinajstić information content (AvgIpc) is 3.35. The zero-order chi connectivity index (χ0) is 16.9. The summed E-state index contributed by atoms with van der Waals surface area (Å²) in [6.45, 7) is 5.77. The third kappa shape index (κ3) is 5.60. The van der Waals surface area contributed by atoms with E-state index >= 15 is 0 Å². The molecule has 1 aromatic rings. The van der Waals surface area contributed by atoms with Gasteiger partial charge in [-0.25, -0.2) is 13.1 Å². The van der Waals surface area contributed by atoms with Crippen molar-refractivity contribution in [3.8, 4) is 0 Å². The van der Waals surface area contributed by atoms with Crippen molar-refractivity contribution in [1.29, 1.82) is 0 Å². The predicted octanol–water partition coefficient (Wildman–Crippen LogP) is 1.10. The Morgan fingerprint density at radius 2 is 2.09 bits per heavy atom. The monoisotopic (exact) mass is 339 g/mol. The molecular formula is C16H25N3O3S. The molecule has 1 fully saturated rings. The molecule has 2 rings (SSSR count). The quantitative estimate of drug-likeness (QED) is 0.629. The van der Waals surface area contributed by atoms with Crippen molar-refractivity contribution in [2.24, 2.45) is 5.92 Å². The van der Waals surface area contributed by atoms with Crippen LogP contribution in [0, 0.1) is 5.92 Å². The molecule has 0 radical (unpaired) electrons. The van der Waals surface area contributed by atoms with Crippen LogP contribution < -0.4 is 15.4 Å². The van der Waals surface area contributed by atoms with E-state index in [-0.39, 0.29) is 16.8 Å². The number of likely N-dealkylation sites (N-methyl/N-ethyl adjacent to an activating group) is 1. The largest absolute Gasteiger partial charge is 0.350 e. The molecule has 1 aliphatic carbocycles. The summed E-state index contributed by atoms with van der Waals surface area (Å²) in [6.07, 6.45) is 2.16. The van der Waals surface area contributed by atoms with Crippen LogP contribution >= 0.6 is 0 Å². The van der Waals surface area contributed by atoms with E-state index < -0.39 is 10.0 Å². The molecule has 6 nitrogen and oxygen atoms in total. The summed E-state index contributed by atoms with van der Waals surface area (Å²) >= 11 is 0. The Labute approximate surface area is 138 Å². The van der Waals surface area contributed by atoms with Crippen molar-refractivity contribution in [2.45, 2.75) is 37.6 Å². The summed E-state index contributed by atoms with van der Waals surface area (Å²) in [5.74, 6) is 0.192. The molecule has 0 heterocycles. The standard InChI is InChI=1S/C16H25N3O3S/c1-3-17-12(2)10-18-16(20)14-5-4-6-15(9-14)23(21,22)19-11-13-7-8-13/h4-6,9,12-13,17,19H,3,7-8,10-11H2,1-2H3,(H,18,20)/t12-/m1/s1. The second kappa shape index (κ2) is 7.90. The molecule has 0 aliphatic heterocycles. The number of nitrogens with one attached hydrogen (secondary N) is 3. The maximum atomic E-state index is 12.2. The first-order valence-corrected chi connectivity index (χ1v) is 9.52. The van der Waals surface area contributed by atoms with Gasteiger partial charge in [0.1, 0.15) is 0 Å². The SMILES string of the molecule is CCN[C@H](C)CNC(=O)c1cccc(S(=O)(=O)NCC2CC2)c1. The highest BCUT2D eigenvalue weighted by atomic mass is 32.2. The van der Waals surface area contributed by atoms with Crippen LogP contribution in [0.25, 0.3) is 0 Å². The zero-order valence-electron chi connectivity index (χ0n) is 13.6. The van der Waals surface area contributed by atoms with E-state index in [2.05, 4.69) is 15.4 Å². The number of amides is 1. The number of carbonyl (C=O) groups is 1. The molecule has 1 aliphatic rings. The summed E-state index contributed by atoms with van der Waals surface area (Å²) in [5.41, 5.74) is 0.350. The van der Waals surface area contributed by atoms with Gasteiger partial charge in [-0.15, -0.1) is 0 Å². The van der Waals surface area contributed by atoms with Crippen molar-refractivity contribution in [1.82, 2.24) is 15.4 Å². The first kappa shape index (κ1) is 17.9. The maximum Gasteiger partial charge on any atom is 0.251 e. The van der Waals surface area contributed by atoms with Gasteiger partial charge in [-0.05, 0) is 50.4 Å². The Balaban J connectivity index is 1.99. The van der Waals surface area contributed by atoms with Crippen LogP contribution in [0.3, 0.4) is 0 Å². The normalized spacial score (nSPS) is 16.1. The van der Waals surface area contributed by atoms with Gasteiger partial charge in [-0.1, -0.05) is 13.0 Å². The topological polar surface area (TPSA) is 87.3 Å².